The molecule has 0 N–H and O–H groups in total. The number of hydrogen-bond donors (Lipinski definition) is 0. The second-order valence-electron chi connectivity index (χ2n) is 5.22. The van der Waals surface area contributed by atoms with Crippen LogP contribution in [-0.4, -0.2) is 44.0 Å². The molecule has 0 bridgehead atoms. The molecule has 6 nitrogen and oxygen atoms in total. The molecular formula is C12H14F3N5OS. The maximum Gasteiger partial charge on any atom is 0.393 e. The summed E-state index contributed by atoms with van der Waals surface area (Å²) in [6.45, 7) is 0.434. The van der Waals surface area contributed by atoms with E-state index in [0.717, 1.165) is 9.36 Å². The van der Waals surface area contributed by atoms with E-state index in [-0.39, 0.29) is 19.6 Å². The summed E-state index contributed by atoms with van der Waals surface area (Å²) >= 11 is 1.34. The molecule has 0 radical (unpaired) electrons. The highest BCUT2D eigenvalue weighted by Crippen LogP contribution is 2.33. The van der Waals surface area contributed by atoms with Gasteiger partial charge in [-0.15, -0.1) is 11.3 Å². The van der Waals surface area contributed by atoms with E-state index in [1.54, 1.807) is 22.4 Å². The van der Waals surface area contributed by atoms with Crippen LogP contribution < -0.4 is 5.69 Å². The van der Waals surface area contributed by atoms with Gasteiger partial charge in [0.25, 0.3) is 0 Å². The number of nitrogens with zero attached hydrogens (tertiary/aromatic N) is 5. The predicted octanol–water partition coefficient (Wildman–Crippen LogP) is 1.72. The summed E-state index contributed by atoms with van der Waals surface area (Å²) in [5.74, 6) is -1.34. The molecule has 3 heterocycles. The fraction of sp³-hybridized carbons (Fsp3) is 0.583. The van der Waals surface area contributed by atoms with Crippen LogP contribution in [0.1, 0.15) is 12.8 Å². The van der Waals surface area contributed by atoms with Gasteiger partial charge in [-0.05, 0) is 47.3 Å². The van der Waals surface area contributed by atoms with Gasteiger partial charge in [0.2, 0.25) is 0 Å². The number of halogens is 3. The maximum absolute atomic E-state index is 12.8. The highest BCUT2D eigenvalue weighted by Gasteiger charge is 2.41. The largest absolute Gasteiger partial charge is 0.393 e. The number of hydrogen-bond acceptors (Lipinski definition) is 5. The number of tetrazole rings is 1. The first-order chi connectivity index (χ1) is 10.4. The molecule has 1 saturated heterocycles. The number of alkyl halides is 3. The Morgan fingerprint density at radius 3 is 2.86 bits per heavy atom. The summed E-state index contributed by atoms with van der Waals surface area (Å²) in [5, 5.41) is 9.96. The van der Waals surface area contributed by atoms with Crippen LogP contribution in [0.4, 0.5) is 13.2 Å². The Hall–Kier alpha value is -1.68. The molecule has 1 aliphatic heterocycles. The third-order valence-corrected chi connectivity index (χ3v) is 4.50. The SMILES string of the molecule is O=c1n(CN2CCC[C@@H](C(F)(F)F)C2)nnn1-c1cccs1. The first kappa shape index (κ1) is 15.2. The second-order valence-corrected chi connectivity index (χ2v) is 6.15. The molecule has 3 rings (SSSR count). The summed E-state index contributed by atoms with van der Waals surface area (Å²) in [5.41, 5.74) is -0.448. The van der Waals surface area contributed by atoms with Crippen molar-refractivity contribution in [2.24, 2.45) is 5.92 Å². The molecule has 2 aromatic heterocycles. The van der Waals surface area contributed by atoms with Crippen molar-refractivity contribution in [3.63, 3.8) is 0 Å². The van der Waals surface area contributed by atoms with Crippen LogP contribution in [0, 0.1) is 5.92 Å². The van der Waals surface area contributed by atoms with Crippen molar-refractivity contribution in [2.75, 3.05) is 13.1 Å². The Labute approximate surface area is 127 Å². The summed E-state index contributed by atoms with van der Waals surface area (Å²) in [6.07, 6.45) is -3.60. The Bertz CT molecular complexity index is 678. The van der Waals surface area contributed by atoms with Crippen molar-refractivity contribution >= 4 is 11.3 Å². The van der Waals surface area contributed by atoms with Crippen LogP contribution in [0.5, 0.6) is 0 Å². The molecule has 120 valence electrons. The average molecular weight is 333 g/mol. The molecule has 1 aliphatic rings. The standard InChI is InChI=1S/C12H14F3N5OS/c13-12(14,15)9-3-1-5-18(7-9)8-19-11(21)20(17-16-19)10-4-2-6-22-10/h2,4,6,9H,1,3,5,7-8H2/t9-/m1/s1. The minimum Gasteiger partial charge on any atom is -0.284 e. The van der Waals surface area contributed by atoms with Gasteiger partial charge < -0.3 is 0 Å². The van der Waals surface area contributed by atoms with Crippen molar-refractivity contribution in [2.45, 2.75) is 25.7 Å². The second kappa shape index (κ2) is 5.84. The fourth-order valence-corrected chi connectivity index (χ4v) is 3.20. The van der Waals surface area contributed by atoms with Crippen LogP contribution in [-0.2, 0) is 6.67 Å². The van der Waals surface area contributed by atoms with Gasteiger partial charge in [0, 0.05) is 6.54 Å². The number of piperidine rings is 1. The van der Waals surface area contributed by atoms with E-state index < -0.39 is 17.8 Å². The molecule has 0 saturated carbocycles. The van der Waals surface area contributed by atoms with Gasteiger partial charge in [0.15, 0.2) is 0 Å². The van der Waals surface area contributed by atoms with Crippen molar-refractivity contribution in [1.29, 1.82) is 0 Å². The number of rotatable bonds is 3. The molecule has 0 unspecified atom stereocenters. The van der Waals surface area contributed by atoms with Crippen molar-refractivity contribution in [1.82, 2.24) is 24.7 Å². The third kappa shape index (κ3) is 3.07. The lowest BCUT2D eigenvalue weighted by Crippen LogP contribution is -2.44. The average Bonchev–Trinajstić information content (AvgIpc) is 3.09. The summed E-state index contributed by atoms with van der Waals surface area (Å²) in [7, 11) is 0. The van der Waals surface area contributed by atoms with Crippen molar-refractivity contribution in [3.05, 3.63) is 28.0 Å². The zero-order chi connectivity index (χ0) is 15.7. The monoisotopic (exact) mass is 333 g/mol. The van der Waals surface area contributed by atoms with E-state index in [4.69, 9.17) is 0 Å². The van der Waals surface area contributed by atoms with Crippen LogP contribution in [0.15, 0.2) is 22.3 Å². The Balaban J connectivity index is 1.73. The summed E-state index contributed by atoms with van der Waals surface area (Å²) < 4.78 is 40.6. The van der Waals surface area contributed by atoms with E-state index in [1.165, 1.54) is 11.3 Å². The van der Waals surface area contributed by atoms with Gasteiger partial charge in [-0.1, -0.05) is 0 Å². The lowest BCUT2D eigenvalue weighted by Gasteiger charge is -2.33. The Morgan fingerprint density at radius 2 is 2.18 bits per heavy atom. The van der Waals surface area contributed by atoms with Gasteiger partial charge in [0.05, 0.1) is 5.92 Å². The lowest BCUT2D eigenvalue weighted by molar-refractivity contribution is -0.188. The molecule has 0 aromatic carbocycles. The lowest BCUT2D eigenvalue weighted by atomic mass is 9.98. The molecule has 1 fully saturated rings. The minimum absolute atomic E-state index is 0.0246. The molecule has 22 heavy (non-hydrogen) atoms. The van der Waals surface area contributed by atoms with Crippen LogP contribution in [0.2, 0.25) is 0 Å². The Morgan fingerprint density at radius 1 is 1.36 bits per heavy atom. The fourth-order valence-electron chi connectivity index (χ4n) is 2.53. The quantitative estimate of drug-likeness (QED) is 0.858. The molecular weight excluding hydrogens is 319 g/mol. The maximum atomic E-state index is 12.8. The van der Waals surface area contributed by atoms with Gasteiger partial charge in [0.1, 0.15) is 11.7 Å². The smallest absolute Gasteiger partial charge is 0.284 e. The van der Waals surface area contributed by atoms with E-state index in [0.29, 0.717) is 18.0 Å². The van der Waals surface area contributed by atoms with Gasteiger partial charge in [-0.25, -0.2) is 4.79 Å². The van der Waals surface area contributed by atoms with Crippen molar-refractivity contribution in [3.8, 4) is 5.00 Å². The number of aromatic nitrogens is 4. The first-order valence-electron chi connectivity index (χ1n) is 6.81. The van der Waals surface area contributed by atoms with Crippen molar-refractivity contribution < 1.29 is 13.2 Å². The van der Waals surface area contributed by atoms with Crippen LogP contribution in [0.3, 0.4) is 0 Å². The van der Waals surface area contributed by atoms with E-state index in [9.17, 15) is 18.0 Å². The highest BCUT2D eigenvalue weighted by molar-refractivity contribution is 7.12. The first-order valence-corrected chi connectivity index (χ1v) is 7.69. The molecule has 10 heteroatoms. The predicted molar refractivity (Wildman–Crippen MR) is 73.8 cm³/mol. The third-order valence-electron chi connectivity index (χ3n) is 3.66. The van der Waals surface area contributed by atoms with Crippen LogP contribution >= 0.6 is 11.3 Å². The number of thiophene rings is 1. The molecule has 1 atom stereocenters. The van der Waals surface area contributed by atoms with E-state index in [2.05, 4.69) is 10.4 Å². The van der Waals surface area contributed by atoms with Gasteiger partial charge >= 0.3 is 11.9 Å². The summed E-state index contributed by atoms with van der Waals surface area (Å²) in [6, 6.07) is 3.51. The van der Waals surface area contributed by atoms with E-state index in [1.807, 2.05) is 0 Å². The highest BCUT2D eigenvalue weighted by atomic mass is 32.1. The molecule has 0 aliphatic carbocycles. The topological polar surface area (TPSA) is 56.0 Å². The Kier molecular flexibility index (Phi) is 4.04. The molecule has 2 aromatic rings. The summed E-state index contributed by atoms with van der Waals surface area (Å²) in [4.78, 5) is 13.8. The van der Waals surface area contributed by atoms with Gasteiger partial charge in [-0.3, -0.25) is 4.90 Å². The molecule has 0 amide bonds. The minimum atomic E-state index is -4.20. The van der Waals surface area contributed by atoms with Crippen LogP contribution in [0.25, 0.3) is 5.00 Å². The molecule has 0 spiro atoms. The zero-order valence-corrected chi connectivity index (χ0v) is 12.3. The normalized spacial score (nSPS) is 20.4. The zero-order valence-electron chi connectivity index (χ0n) is 11.5. The van der Waals surface area contributed by atoms with E-state index >= 15 is 0 Å². The number of likely N-dealkylation sites (tertiary alicyclic amines) is 1. The van der Waals surface area contributed by atoms with Gasteiger partial charge in [-0.2, -0.15) is 22.5 Å².